The van der Waals surface area contributed by atoms with Gasteiger partial charge in [-0.15, -0.1) is 0 Å². The summed E-state index contributed by atoms with van der Waals surface area (Å²) in [6.07, 6.45) is 1.92. The second kappa shape index (κ2) is 5.40. The average molecular weight is 349 g/mol. The maximum atomic E-state index is 6.63. The van der Waals surface area contributed by atoms with Crippen LogP contribution in [0.2, 0.25) is 5.02 Å². The summed E-state index contributed by atoms with van der Waals surface area (Å²) in [5.74, 6) is 0. The van der Waals surface area contributed by atoms with Crippen molar-refractivity contribution in [2.24, 2.45) is 4.99 Å². The Morgan fingerprint density at radius 2 is 1.68 bits per heavy atom. The lowest BCUT2D eigenvalue weighted by Gasteiger charge is -2.44. The van der Waals surface area contributed by atoms with E-state index in [0.717, 1.165) is 32.8 Å². The summed E-state index contributed by atoms with van der Waals surface area (Å²) in [7, 11) is 0. The van der Waals surface area contributed by atoms with Gasteiger partial charge in [0, 0.05) is 33.1 Å². The molecule has 0 saturated carbocycles. The fraction of sp³-hybridized carbons (Fsp3) is 0.273. The molecule has 2 aromatic carbocycles. The van der Waals surface area contributed by atoms with E-state index in [0.29, 0.717) is 0 Å². The van der Waals surface area contributed by atoms with E-state index < -0.39 is 0 Å². The van der Waals surface area contributed by atoms with Crippen LogP contribution in [0.3, 0.4) is 0 Å². The second-order valence-electron chi connectivity index (χ2n) is 7.72. The summed E-state index contributed by atoms with van der Waals surface area (Å²) in [4.78, 5) is 9.77. The third-order valence-corrected chi connectivity index (χ3v) is 5.99. The van der Waals surface area contributed by atoms with E-state index in [4.69, 9.17) is 16.6 Å². The topological polar surface area (TPSA) is 25.2 Å². The lowest BCUT2D eigenvalue weighted by molar-refractivity contribution is 0.304. The normalized spacial score (nSPS) is 17.9. The maximum Gasteiger partial charge on any atom is 0.0745 e. The Morgan fingerprint density at radius 3 is 2.48 bits per heavy atom. The standard InChI is InChI=1S/C22H21ClN2/c1-21(2)19-16(9-7-10-17(19)23)20(25-22(21,3)4)15-12-14-8-5-6-11-18(14)24-13-15/h5-13H,1-4H3. The third-order valence-electron chi connectivity index (χ3n) is 5.68. The highest BCUT2D eigenvalue weighted by molar-refractivity contribution is 6.32. The predicted molar refractivity (Wildman–Crippen MR) is 106 cm³/mol. The molecule has 2 nitrogen and oxygen atoms in total. The SMILES string of the molecule is CC1(C)N=C(c2cnc3ccccc3c2)c2cccc(Cl)c2C1(C)C. The molecule has 0 N–H and O–H groups in total. The van der Waals surface area contributed by atoms with E-state index >= 15 is 0 Å². The molecule has 3 aromatic rings. The van der Waals surface area contributed by atoms with Gasteiger partial charge in [0.15, 0.2) is 0 Å². The molecule has 0 bridgehead atoms. The zero-order valence-electron chi connectivity index (χ0n) is 15.0. The highest BCUT2D eigenvalue weighted by atomic mass is 35.5. The summed E-state index contributed by atoms with van der Waals surface area (Å²) >= 11 is 6.63. The van der Waals surface area contributed by atoms with Gasteiger partial charge >= 0.3 is 0 Å². The minimum Gasteiger partial charge on any atom is -0.277 e. The minimum absolute atomic E-state index is 0.158. The first-order valence-electron chi connectivity index (χ1n) is 8.56. The highest BCUT2D eigenvalue weighted by Gasteiger charge is 2.45. The Kier molecular flexibility index (Phi) is 3.52. The van der Waals surface area contributed by atoms with Crippen LogP contribution in [0, 0.1) is 0 Å². The number of para-hydroxylation sites is 1. The van der Waals surface area contributed by atoms with Gasteiger partial charge in [-0.1, -0.05) is 55.8 Å². The maximum absolute atomic E-state index is 6.63. The van der Waals surface area contributed by atoms with Crippen LogP contribution in [-0.2, 0) is 5.41 Å². The number of pyridine rings is 1. The van der Waals surface area contributed by atoms with Crippen LogP contribution in [0.1, 0.15) is 44.4 Å². The average Bonchev–Trinajstić information content (AvgIpc) is 2.58. The molecule has 4 rings (SSSR count). The van der Waals surface area contributed by atoms with E-state index in [1.54, 1.807) is 0 Å². The van der Waals surface area contributed by atoms with Gasteiger partial charge in [-0.25, -0.2) is 0 Å². The summed E-state index contributed by atoms with van der Waals surface area (Å²) in [6.45, 7) is 8.79. The molecular formula is C22H21ClN2. The number of nitrogens with zero attached hydrogens (tertiary/aromatic N) is 2. The molecule has 1 aliphatic rings. The molecule has 3 heteroatoms. The van der Waals surface area contributed by atoms with Crippen LogP contribution < -0.4 is 0 Å². The molecule has 0 radical (unpaired) electrons. The van der Waals surface area contributed by atoms with Crippen molar-refractivity contribution in [3.05, 3.63) is 76.4 Å². The van der Waals surface area contributed by atoms with E-state index in [-0.39, 0.29) is 11.0 Å². The number of aliphatic imine (C=N–C) groups is 1. The van der Waals surface area contributed by atoms with Crippen LogP contribution in [-0.4, -0.2) is 16.2 Å². The van der Waals surface area contributed by atoms with Crippen LogP contribution in [0.15, 0.2) is 59.7 Å². The molecule has 0 saturated heterocycles. The predicted octanol–water partition coefficient (Wildman–Crippen LogP) is 5.80. The Hall–Kier alpha value is -2.19. The van der Waals surface area contributed by atoms with E-state index in [9.17, 15) is 0 Å². The van der Waals surface area contributed by atoms with Crippen molar-refractivity contribution in [3.8, 4) is 0 Å². The van der Waals surface area contributed by atoms with Gasteiger partial charge in [0.25, 0.3) is 0 Å². The fourth-order valence-corrected chi connectivity index (χ4v) is 3.97. The van der Waals surface area contributed by atoms with Crippen molar-refractivity contribution >= 4 is 28.2 Å². The summed E-state index contributed by atoms with van der Waals surface area (Å²) in [5.41, 5.74) is 4.84. The molecule has 1 aliphatic heterocycles. The van der Waals surface area contributed by atoms with Crippen LogP contribution in [0.5, 0.6) is 0 Å². The van der Waals surface area contributed by atoms with Gasteiger partial charge in [0.2, 0.25) is 0 Å². The van der Waals surface area contributed by atoms with Gasteiger partial charge in [0.1, 0.15) is 0 Å². The van der Waals surface area contributed by atoms with Crippen LogP contribution in [0.4, 0.5) is 0 Å². The molecule has 0 aliphatic carbocycles. The Labute approximate surface area is 153 Å². The highest BCUT2D eigenvalue weighted by Crippen LogP contribution is 2.46. The van der Waals surface area contributed by atoms with Crippen LogP contribution in [0.25, 0.3) is 10.9 Å². The van der Waals surface area contributed by atoms with Crippen molar-refractivity contribution < 1.29 is 0 Å². The number of hydrogen-bond donors (Lipinski definition) is 0. The molecule has 0 atom stereocenters. The van der Waals surface area contributed by atoms with Crippen molar-refractivity contribution in [1.29, 1.82) is 0 Å². The van der Waals surface area contributed by atoms with Gasteiger partial charge < -0.3 is 0 Å². The number of benzene rings is 2. The Balaban J connectivity index is 2.00. The van der Waals surface area contributed by atoms with Crippen LogP contribution >= 0.6 is 11.6 Å². The lowest BCUT2D eigenvalue weighted by Crippen LogP contribution is -2.46. The van der Waals surface area contributed by atoms with E-state index in [2.05, 4.69) is 50.9 Å². The lowest BCUT2D eigenvalue weighted by atomic mass is 9.65. The van der Waals surface area contributed by atoms with Crippen molar-refractivity contribution in [1.82, 2.24) is 4.98 Å². The van der Waals surface area contributed by atoms with Crippen molar-refractivity contribution in [2.75, 3.05) is 0 Å². The smallest absolute Gasteiger partial charge is 0.0745 e. The molecular weight excluding hydrogens is 328 g/mol. The molecule has 0 amide bonds. The monoisotopic (exact) mass is 348 g/mol. The number of hydrogen-bond acceptors (Lipinski definition) is 2. The van der Waals surface area contributed by atoms with Crippen molar-refractivity contribution in [2.45, 2.75) is 38.6 Å². The summed E-state index contributed by atoms with van der Waals surface area (Å²) in [6, 6.07) is 16.4. The van der Waals surface area contributed by atoms with Gasteiger partial charge in [-0.2, -0.15) is 0 Å². The Morgan fingerprint density at radius 1 is 0.920 bits per heavy atom. The zero-order valence-corrected chi connectivity index (χ0v) is 15.7. The summed E-state index contributed by atoms with van der Waals surface area (Å²) < 4.78 is 0. The van der Waals surface area contributed by atoms with E-state index in [1.807, 2.05) is 36.5 Å². The molecule has 126 valence electrons. The molecule has 25 heavy (non-hydrogen) atoms. The quantitative estimate of drug-likeness (QED) is 0.546. The molecule has 0 fully saturated rings. The Bertz CT molecular complexity index is 1020. The first-order valence-corrected chi connectivity index (χ1v) is 8.93. The number of fused-ring (bicyclic) bond motifs is 2. The minimum atomic E-state index is -0.272. The van der Waals surface area contributed by atoms with Crippen molar-refractivity contribution in [3.63, 3.8) is 0 Å². The number of halogens is 1. The fourth-order valence-electron chi connectivity index (χ4n) is 3.56. The number of rotatable bonds is 1. The zero-order chi connectivity index (χ0) is 17.8. The first kappa shape index (κ1) is 16.3. The van der Waals surface area contributed by atoms with Gasteiger partial charge in [-0.3, -0.25) is 9.98 Å². The molecule has 0 spiro atoms. The first-order chi connectivity index (χ1) is 11.8. The van der Waals surface area contributed by atoms with Gasteiger partial charge in [0.05, 0.1) is 16.8 Å². The van der Waals surface area contributed by atoms with E-state index in [1.165, 1.54) is 5.56 Å². The van der Waals surface area contributed by atoms with Gasteiger partial charge in [-0.05, 0) is 37.6 Å². The third kappa shape index (κ3) is 2.39. The second-order valence-corrected chi connectivity index (χ2v) is 8.13. The molecule has 2 heterocycles. The largest absolute Gasteiger partial charge is 0.277 e. The molecule has 1 aromatic heterocycles. The summed E-state index contributed by atoms with van der Waals surface area (Å²) in [5, 5.41) is 1.92. The molecule has 0 unspecified atom stereocenters. The number of aromatic nitrogens is 1.